The molecule has 0 bridgehead atoms. The van der Waals surface area contributed by atoms with Crippen LogP contribution < -0.4 is 10.2 Å². The van der Waals surface area contributed by atoms with E-state index in [4.69, 9.17) is 9.26 Å². The lowest BCUT2D eigenvalue weighted by atomic mass is 9.89. The molecule has 0 unspecified atom stereocenters. The first kappa shape index (κ1) is 17.1. The van der Waals surface area contributed by atoms with Gasteiger partial charge in [0.25, 0.3) is 0 Å². The van der Waals surface area contributed by atoms with Crippen molar-refractivity contribution in [3.8, 4) is 0 Å². The van der Waals surface area contributed by atoms with E-state index < -0.39 is 5.82 Å². The molecule has 26 heavy (non-hydrogen) atoms. The SMILES string of the molecule is Fc1cnc(NCc2nc(C3CCCCC3)no2)nc1N1CCOCC1. The Morgan fingerprint density at radius 1 is 1.15 bits per heavy atom. The van der Waals surface area contributed by atoms with Gasteiger partial charge in [0.2, 0.25) is 11.8 Å². The van der Waals surface area contributed by atoms with Gasteiger partial charge < -0.3 is 19.5 Å². The van der Waals surface area contributed by atoms with E-state index in [9.17, 15) is 4.39 Å². The summed E-state index contributed by atoms with van der Waals surface area (Å²) in [6.07, 6.45) is 7.16. The van der Waals surface area contributed by atoms with Gasteiger partial charge in [0.1, 0.15) is 0 Å². The molecule has 3 heterocycles. The summed E-state index contributed by atoms with van der Waals surface area (Å²) in [5, 5.41) is 7.15. The Morgan fingerprint density at radius 2 is 1.96 bits per heavy atom. The molecule has 9 heteroatoms. The first-order chi connectivity index (χ1) is 12.8. The molecular weight excluding hydrogens is 339 g/mol. The van der Waals surface area contributed by atoms with Crippen molar-refractivity contribution < 1.29 is 13.7 Å². The van der Waals surface area contributed by atoms with Gasteiger partial charge >= 0.3 is 0 Å². The zero-order valence-corrected chi connectivity index (χ0v) is 14.7. The Bertz CT molecular complexity index is 728. The van der Waals surface area contributed by atoms with Crippen LogP contribution in [0.3, 0.4) is 0 Å². The fraction of sp³-hybridized carbons (Fsp3) is 0.647. The highest BCUT2D eigenvalue weighted by molar-refractivity contribution is 5.44. The van der Waals surface area contributed by atoms with Gasteiger partial charge in [-0.15, -0.1) is 0 Å². The van der Waals surface area contributed by atoms with Crippen LogP contribution >= 0.6 is 0 Å². The maximum absolute atomic E-state index is 14.1. The first-order valence-electron chi connectivity index (χ1n) is 9.21. The third-order valence-corrected chi connectivity index (χ3v) is 4.89. The number of nitrogens with zero attached hydrogens (tertiary/aromatic N) is 5. The summed E-state index contributed by atoms with van der Waals surface area (Å²) in [7, 11) is 0. The largest absolute Gasteiger partial charge is 0.378 e. The van der Waals surface area contributed by atoms with Crippen molar-refractivity contribution in [3.05, 3.63) is 23.7 Å². The average Bonchev–Trinajstić information content (AvgIpc) is 3.18. The minimum Gasteiger partial charge on any atom is -0.378 e. The number of morpholine rings is 1. The van der Waals surface area contributed by atoms with Crippen LogP contribution in [0.1, 0.15) is 49.7 Å². The minimum atomic E-state index is -0.435. The predicted molar refractivity (Wildman–Crippen MR) is 92.5 cm³/mol. The van der Waals surface area contributed by atoms with Crippen LogP contribution in [0, 0.1) is 5.82 Å². The molecule has 0 radical (unpaired) electrons. The third kappa shape index (κ3) is 3.92. The summed E-state index contributed by atoms with van der Waals surface area (Å²) < 4.78 is 24.7. The van der Waals surface area contributed by atoms with Crippen LogP contribution in [0.5, 0.6) is 0 Å². The summed E-state index contributed by atoms with van der Waals surface area (Å²) in [6, 6.07) is 0. The predicted octanol–water partition coefficient (Wildman–Crippen LogP) is 2.50. The van der Waals surface area contributed by atoms with Crippen molar-refractivity contribution in [3.63, 3.8) is 0 Å². The van der Waals surface area contributed by atoms with Gasteiger partial charge in [-0.1, -0.05) is 24.4 Å². The van der Waals surface area contributed by atoms with Crippen LogP contribution in [0.25, 0.3) is 0 Å². The topological polar surface area (TPSA) is 89.2 Å². The monoisotopic (exact) mass is 362 g/mol. The summed E-state index contributed by atoms with van der Waals surface area (Å²) in [5.74, 6) is 1.87. The quantitative estimate of drug-likeness (QED) is 0.868. The summed E-state index contributed by atoms with van der Waals surface area (Å²) in [5.41, 5.74) is 0. The molecule has 2 aromatic heterocycles. The average molecular weight is 362 g/mol. The molecule has 1 N–H and O–H groups in total. The molecule has 0 spiro atoms. The second-order valence-electron chi connectivity index (χ2n) is 6.70. The van der Waals surface area contributed by atoms with Crippen LogP contribution in [0.4, 0.5) is 16.2 Å². The zero-order chi connectivity index (χ0) is 17.8. The second-order valence-corrected chi connectivity index (χ2v) is 6.70. The standard InChI is InChI=1S/C17H23FN6O2/c18-13-10-19-17(22-16(13)24-6-8-25-9-7-24)20-11-14-21-15(23-26-14)12-4-2-1-3-5-12/h10,12H,1-9,11H2,(H,19,20,22). The van der Waals surface area contributed by atoms with Crippen LogP contribution in [0.2, 0.25) is 0 Å². The number of hydrogen-bond donors (Lipinski definition) is 1. The molecule has 1 aliphatic carbocycles. The van der Waals surface area contributed by atoms with Gasteiger partial charge in [0, 0.05) is 19.0 Å². The number of hydrogen-bond acceptors (Lipinski definition) is 8. The smallest absolute Gasteiger partial charge is 0.246 e. The molecule has 2 aliphatic rings. The van der Waals surface area contributed by atoms with Crippen molar-refractivity contribution >= 4 is 11.8 Å². The molecule has 1 saturated carbocycles. The first-order valence-corrected chi connectivity index (χ1v) is 9.21. The van der Waals surface area contributed by atoms with E-state index in [0.717, 1.165) is 18.7 Å². The van der Waals surface area contributed by atoms with E-state index >= 15 is 0 Å². The number of nitrogens with one attached hydrogen (secondary N) is 1. The van der Waals surface area contributed by atoms with Crippen molar-refractivity contribution in [1.82, 2.24) is 20.1 Å². The van der Waals surface area contributed by atoms with Crippen molar-refractivity contribution in [1.29, 1.82) is 0 Å². The fourth-order valence-electron chi connectivity index (χ4n) is 3.46. The van der Waals surface area contributed by atoms with E-state index in [1.54, 1.807) is 0 Å². The molecule has 0 aromatic carbocycles. The van der Waals surface area contributed by atoms with E-state index in [2.05, 4.69) is 25.4 Å². The number of ether oxygens (including phenoxy) is 1. The minimum absolute atomic E-state index is 0.291. The normalized spacial score (nSPS) is 18.9. The third-order valence-electron chi connectivity index (χ3n) is 4.89. The molecule has 8 nitrogen and oxygen atoms in total. The molecule has 1 aliphatic heterocycles. The Labute approximate surface area is 151 Å². The molecule has 2 aromatic rings. The van der Waals surface area contributed by atoms with E-state index in [1.807, 2.05) is 4.90 Å². The van der Waals surface area contributed by atoms with Gasteiger partial charge in [-0.3, -0.25) is 0 Å². The zero-order valence-electron chi connectivity index (χ0n) is 14.7. The Kier molecular flexibility index (Phi) is 5.24. The molecule has 0 amide bonds. The Hall–Kier alpha value is -2.29. The van der Waals surface area contributed by atoms with Crippen molar-refractivity contribution in [2.75, 3.05) is 36.5 Å². The lowest BCUT2D eigenvalue weighted by Gasteiger charge is -2.28. The molecular formula is C17H23FN6O2. The van der Waals surface area contributed by atoms with E-state index in [-0.39, 0.29) is 0 Å². The Balaban J connectivity index is 1.39. The van der Waals surface area contributed by atoms with Gasteiger partial charge in [0.05, 0.1) is 26.0 Å². The van der Waals surface area contributed by atoms with Gasteiger partial charge in [0.15, 0.2) is 17.5 Å². The maximum atomic E-state index is 14.1. The lowest BCUT2D eigenvalue weighted by Crippen LogP contribution is -2.37. The van der Waals surface area contributed by atoms with Gasteiger partial charge in [-0.05, 0) is 12.8 Å². The Morgan fingerprint density at radius 3 is 2.77 bits per heavy atom. The number of aromatic nitrogens is 4. The molecule has 4 rings (SSSR count). The maximum Gasteiger partial charge on any atom is 0.246 e. The molecule has 1 saturated heterocycles. The molecule has 140 valence electrons. The van der Waals surface area contributed by atoms with Gasteiger partial charge in [-0.25, -0.2) is 9.37 Å². The molecule has 2 fully saturated rings. The number of anilines is 2. The summed E-state index contributed by atoms with van der Waals surface area (Å²) in [4.78, 5) is 14.6. The lowest BCUT2D eigenvalue weighted by molar-refractivity contribution is 0.122. The van der Waals surface area contributed by atoms with Gasteiger partial charge in [-0.2, -0.15) is 9.97 Å². The van der Waals surface area contributed by atoms with Crippen LogP contribution in [-0.4, -0.2) is 46.4 Å². The van der Waals surface area contributed by atoms with Crippen LogP contribution in [-0.2, 0) is 11.3 Å². The van der Waals surface area contributed by atoms with Crippen LogP contribution in [0.15, 0.2) is 10.7 Å². The van der Waals surface area contributed by atoms with Crippen molar-refractivity contribution in [2.24, 2.45) is 0 Å². The molecule has 0 atom stereocenters. The number of halogens is 1. The van der Waals surface area contributed by atoms with E-state index in [1.165, 1.54) is 25.5 Å². The second kappa shape index (κ2) is 7.94. The highest BCUT2D eigenvalue weighted by atomic mass is 19.1. The summed E-state index contributed by atoms with van der Waals surface area (Å²) in [6.45, 7) is 2.67. The van der Waals surface area contributed by atoms with Crippen molar-refractivity contribution in [2.45, 2.75) is 44.6 Å². The summed E-state index contributed by atoms with van der Waals surface area (Å²) >= 11 is 0. The highest BCUT2D eigenvalue weighted by Crippen LogP contribution is 2.30. The number of rotatable bonds is 5. The fourth-order valence-corrected chi connectivity index (χ4v) is 3.46. The van der Waals surface area contributed by atoms with E-state index in [0.29, 0.717) is 56.4 Å². The highest BCUT2D eigenvalue weighted by Gasteiger charge is 2.21.